The Bertz CT molecular complexity index is 1150. The summed E-state index contributed by atoms with van der Waals surface area (Å²) in [6.45, 7) is 1.90. The van der Waals surface area contributed by atoms with Gasteiger partial charge in [-0.25, -0.2) is 4.79 Å². The molecule has 6 nitrogen and oxygen atoms in total. The predicted octanol–water partition coefficient (Wildman–Crippen LogP) is 5.02. The number of imide groups is 1. The molecule has 0 radical (unpaired) electrons. The number of fused-ring (bicyclic) bond motifs is 4. The van der Waals surface area contributed by atoms with Crippen LogP contribution in [0.5, 0.6) is 11.5 Å². The average molecular weight is 414 g/mol. The fourth-order valence-corrected chi connectivity index (χ4v) is 4.47. The summed E-state index contributed by atoms with van der Waals surface area (Å²) in [6, 6.07) is 22.9. The summed E-state index contributed by atoms with van der Waals surface area (Å²) in [5, 5.41) is 0. The molecule has 2 heterocycles. The Kier molecular flexibility index (Phi) is 4.43. The molecule has 3 amide bonds. The normalized spacial score (nSPS) is 21.9. The van der Waals surface area contributed by atoms with Gasteiger partial charge in [0, 0.05) is 23.2 Å². The number of urea groups is 1. The van der Waals surface area contributed by atoms with Crippen molar-refractivity contribution in [3.8, 4) is 11.5 Å². The predicted molar refractivity (Wildman–Crippen MR) is 116 cm³/mol. The Morgan fingerprint density at radius 2 is 1.68 bits per heavy atom. The van der Waals surface area contributed by atoms with Gasteiger partial charge in [0.25, 0.3) is 5.91 Å². The molecule has 3 aromatic rings. The van der Waals surface area contributed by atoms with E-state index in [0.717, 1.165) is 5.56 Å². The number of para-hydroxylation sites is 2. The molecule has 2 aliphatic heterocycles. The Balaban J connectivity index is 1.64. The Morgan fingerprint density at radius 3 is 2.39 bits per heavy atom. The van der Waals surface area contributed by atoms with Crippen molar-refractivity contribution in [2.75, 3.05) is 12.0 Å². The molecular formula is C25H22N2O4. The second-order valence-electron chi connectivity index (χ2n) is 7.89. The van der Waals surface area contributed by atoms with Gasteiger partial charge in [-0.15, -0.1) is 0 Å². The van der Waals surface area contributed by atoms with Crippen LogP contribution in [0.1, 0.15) is 35.3 Å². The molecule has 156 valence electrons. The van der Waals surface area contributed by atoms with E-state index in [1.807, 2.05) is 61.5 Å². The van der Waals surface area contributed by atoms with Crippen molar-refractivity contribution in [2.45, 2.75) is 25.1 Å². The van der Waals surface area contributed by atoms with Crippen LogP contribution in [-0.4, -0.2) is 29.7 Å². The summed E-state index contributed by atoms with van der Waals surface area (Å²) < 4.78 is 11.5. The number of ether oxygens (including phenoxy) is 2. The van der Waals surface area contributed by atoms with Gasteiger partial charge in [-0.05, 0) is 49.4 Å². The maximum absolute atomic E-state index is 13.8. The number of methoxy groups -OCH3 is 1. The van der Waals surface area contributed by atoms with Gasteiger partial charge >= 0.3 is 6.03 Å². The van der Waals surface area contributed by atoms with Crippen LogP contribution in [0.3, 0.4) is 0 Å². The minimum absolute atomic E-state index is 0.350. The number of carbonyl (C=O) groups is 2. The van der Waals surface area contributed by atoms with E-state index in [4.69, 9.17) is 9.47 Å². The molecule has 1 saturated heterocycles. The molecule has 5 rings (SSSR count). The van der Waals surface area contributed by atoms with E-state index in [-0.39, 0.29) is 5.91 Å². The summed E-state index contributed by atoms with van der Waals surface area (Å²) in [4.78, 5) is 30.4. The highest BCUT2D eigenvalue weighted by atomic mass is 16.5. The summed E-state index contributed by atoms with van der Waals surface area (Å²) in [5.74, 6) is 0.982. The van der Waals surface area contributed by atoms with Gasteiger partial charge in [0.05, 0.1) is 13.2 Å². The topological polar surface area (TPSA) is 59.1 Å². The average Bonchev–Trinajstić information content (AvgIpc) is 2.79. The van der Waals surface area contributed by atoms with Crippen LogP contribution >= 0.6 is 0 Å². The molecule has 0 unspecified atom stereocenters. The van der Waals surface area contributed by atoms with Crippen molar-refractivity contribution in [3.05, 3.63) is 90.0 Å². The highest BCUT2D eigenvalue weighted by Gasteiger charge is 2.55. The maximum Gasteiger partial charge on any atom is 0.335 e. The molecule has 0 aliphatic carbocycles. The molecule has 2 atom stereocenters. The van der Waals surface area contributed by atoms with Gasteiger partial charge in [0.15, 0.2) is 5.72 Å². The van der Waals surface area contributed by atoms with Crippen LogP contribution in [0.15, 0.2) is 78.9 Å². The first-order valence-corrected chi connectivity index (χ1v) is 10.2. The van der Waals surface area contributed by atoms with Crippen LogP contribution < -0.4 is 14.4 Å². The molecule has 0 N–H and O–H groups in total. The van der Waals surface area contributed by atoms with Crippen molar-refractivity contribution in [3.63, 3.8) is 0 Å². The summed E-state index contributed by atoms with van der Waals surface area (Å²) in [5.41, 5.74) is 1.03. The van der Waals surface area contributed by atoms with E-state index in [1.165, 1.54) is 4.90 Å². The van der Waals surface area contributed by atoms with E-state index in [2.05, 4.69) is 0 Å². The number of hydrogen-bond acceptors (Lipinski definition) is 4. The van der Waals surface area contributed by atoms with Crippen LogP contribution in [0.4, 0.5) is 10.5 Å². The van der Waals surface area contributed by atoms with E-state index < -0.39 is 17.8 Å². The first-order chi connectivity index (χ1) is 15.0. The highest BCUT2D eigenvalue weighted by Crippen LogP contribution is 2.49. The number of carbonyl (C=O) groups excluding carboxylic acids is 2. The molecule has 6 heteroatoms. The van der Waals surface area contributed by atoms with Crippen molar-refractivity contribution in [1.82, 2.24) is 4.90 Å². The standard InChI is InChI=1S/C25H22N2O4/c1-25-16-21(20-10-6-7-11-22(20)31-25)26(23(28)17-12-14-19(30-2)15-13-17)24(29)27(25)18-8-4-3-5-9-18/h3-15,21H,16H2,1-2H3/t21-,25+/m0/s1. The lowest BCUT2D eigenvalue weighted by molar-refractivity contribution is 0.00268. The minimum atomic E-state index is -0.909. The minimum Gasteiger partial charge on any atom is -0.497 e. The number of amides is 3. The summed E-state index contributed by atoms with van der Waals surface area (Å²) in [7, 11) is 1.57. The molecule has 0 saturated carbocycles. The third-order valence-electron chi connectivity index (χ3n) is 5.93. The first kappa shape index (κ1) is 19.2. The van der Waals surface area contributed by atoms with Gasteiger partial charge in [0.1, 0.15) is 11.5 Å². The van der Waals surface area contributed by atoms with Gasteiger partial charge in [-0.3, -0.25) is 14.6 Å². The maximum atomic E-state index is 13.8. The molecule has 2 aliphatic rings. The lowest BCUT2D eigenvalue weighted by atomic mass is 9.88. The number of benzene rings is 3. The SMILES string of the molecule is COc1ccc(C(=O)N2C(=O)N(c3ccccc3)[C@@]3(C)C[C@H]2c2ccccc2O3)cc1. The molecule has 31 heavy (non-hydrogen) atoms. The molecule has 2 bridgehead atoms. The first-order valence-electron chi connectivity index (χ1n) is 10.2. The smallest absolute Gasteiger partial charge is 0.335 e. The number of rotatable bonds is 3. The molecule has 0 spiro atoms. The van der Waals surface area contributed by atoms with Gasteiger partial charge < -0.3 is 9.47 Å². The zero-order valence-electron chi connectivity index (χ0n) is 17.3. The number of anilines is 1. The Labute approximate surface area is 180 Å². The van der Waals surface area contributed by atoms with E-state index in [0.29, 0.717) is 29.2 Å². The van der Waals surface area contributed by atoms with Crippen LogP contribution in [0, 0.1) is 0 Å². The zero-order chi connectivity index (χ0) is 21.6. The highest BCUT2D eigenvalue weighted by molar-refractivity contribution is 6.10. The molecule has 0 aromatic heterocycles. The fourth-order valence-electron chi connectivity index (χ4n) is 4.47. The lowest BCUT2D eigenvalue weighted by Gasteiger charge is -2.53. The Hall–Kier alpha value is -3.80. The Morgan fingerprint density at radius 1 is 1.00 bits per heavy atom. The van der Waals surface area contributed by atoms with E-state index in [9.17, 15) is 9.59 Å². The van der Waals surface area contributed by atoms with Gasteiger partial charge in [-0.1, -0.05) is 36.4 Å². The molecule has 1 fully saturated rings. The third kappa shape index (κ3) is 3.03. The zero-order valence-corrected chi connectivity index (χ0v) is 17.3. The largest absolute Gasteiger partial charge is 0.497 e. The van der Waals surface area contributed by atoms with Gasteiger partial charge in [0.2, 0.25) is 0 Å². The summed E-state index contributed by atoms with van der Waals surface area (Å²) >= 11 is 0. The van der Waals surface area contributed by atoms with Crippen molar-refractivity contribution in [2.24, 2.45) is 0 Å². The van der Waals surface area contributed by atoms with Gasteiger partial charge in [-0.2, -0.15) is 0 Å². The number of hydrogen-bond donors (Lipinski definition) is 0. The van der Waals surface area contributed by atoms with E-state index >= 15 is 0 Å². The third-order valence-corrected chi connectivity index (χ3v) is 5.93. The number of nitrogens with zero attached hydrogens (tertiary/aromatic N) is 2. The molecular weight excluding hydrogens is 392 g/mol. The second-order valence-corrected chi connectivity index (χ2v) is 7.89. The quantitative estimate of drug-likeness (QED) is 0.604. The van der Waals surface area contributed by atoms with Crippen LogP contribution in [0.2, 0.25) is 0 Å². The van der Waals surface area contributed by atoms with Crippen molar-refractivity contribution < 1.29 is 19.1 Å². The lowest BCUT2D eigenvalue weighted by Crippen LogP contribution is -2.67. The second kappa shape index (κ2) is 7.16. The van der Waals surface area contributed by atoms with Crippen molar-refractivity contribution >= 4 is 17.6 Å². The summed E-state index contributed by atoms with van der Waals surface area (Å²) in [6.07, 6.45) is 0.465. The van der Waals surface area contributed by atoms with Crippen LogP contribution in [-0.2, 0) is 0 Å². The molecule has 3 aromatic carbocycles. The fraction of sp³-hybridized carbons (Fsp3) is 0.200. The van der Waals surface area contributed by atoms with Crippen molar-refractivity contribution in [1.29, 1.82) is 0 Å². The monoisotopic (exact) mass is 414 g/mol. The van der Waals surface area contributed by atoms with Crippen LogP contribution in [0.25, 0.3) is 0 Å². The van der Waals surface area contributed by atoms with E-state index in [1.54, 1.807) is 36.3 Å².